The van der Waals surface area contributed by atoms with Crippen molar-refractivity contribution in [3.05, 3.63) is 0 Å². The van der Waals surface area contributed by atoms with Crippen LogP contribution in [0, 0.1) is 5.92 Å². The van der Waals surface area contributed by atoms with Gasteiger partial charge in [0.25, 0.3) is 0 Å². The number of carbonyl (C=O) groups is 1. The zero-order valence-electron chi connectivity index (χ0n) is 6.76. The van der Waals surface area contributed by atoms with Crippen molar-refractivity contribution < 1.29 is 4.79 Å². The highest BCUT2D eigenvalue weighted by Gasteiger charge is 2.12. The number of carbonyl (C=O) groups excluding carboxylic acids is 1. The quantitative estimate of drug-likeness (QED) is 0.677. The fraction of sp³-hybridized carbons (Fsp3) is 0.857. The van der Waals surface area contributed by atoms with E-state index >= 15 is 0 Å². The summed E-state index contributed by atoms with van der Waals surface area (Å²) in [5.74, 6) is 0.506. The Morgan fingerprint density at radius 2 is 2.10 bits per heavy atom. The molecule has 0 aliphatic rings. The maximum absolute atomic E-state index is 10.9. The van der Waals surface area contributed by atoms with Crippen LogP contribution in [0.1, 0.15) is 20.3 Å². The minimum absolute atomic E-state index is 0.0914. The molecular weight excluding hydrogens is 146 g/mol. The topological polar surface area (TPSA) is 43.1 Å². The molecule has 0 radical (unpaired) electrons. The minimum Gasteiger partial charge on any atom is -0.321 e. The van der Waals surface area contributed by atoms with E-state index in [0.717, 1.165) is 6.42 Å². The van der Waals surface area contributed by atoms with Gasteiger partial charge >= 0.3 is 0 Å². The van der Waals surface area contributed by atoms with Crippen LogP contribution in [0.2, 0.25) is 0 Å². The van der Waals surface area contributed by atoms with Crippen LogP contribution in [0.15, 0.2) is 0 Å². The van der Waals surface area contributed by atoms with Crippen molar-refractivity contribution in [2.24, 2.45) is 11.7 Å². The van der Waals surface area contributed by atoms with Crippen LogP contribution in [-0.4, -0.2) is 17.4 Å². The van der Waals surface area contributed by atoms with Crippen LogP contribution in [0.3, 0.4) is 0 Å². The first-order valence-electron chi connectivity index (χ1n) is 3.41. The first kappa shape index (κ1) is 9.98. The molecule has 0 aliphatic heterocycles. The van der Waals surface area contributed by atoms with Crippen LogP contribution in [-0.2, 0) is 4.79 Å². The molecule has 0 bridgehead atoms. The predicted molar refractivity (Wildman–Crippen MR) is 46.0 cm³/mol. The summed E-state index contributed by atoms with van der Waals surface area (Å²) in [5, 5.41) is 0.0914. The summed E-state index contributed by atoms with van der Waals surface area (Å²) in [6.45, 7) is 4.13. The summed E-state index contributed by atoms with van der Waals surface area (Å²) in [6.07, 6.45) is 2.56. The summed E-state index contributed by atoms with van der Waals surface area (Å²) in [5.41, 5.74) is 5.56. The molecule has 0 rings (SSSR count). The van der Waals surface area contributed by atoms with Crippen molar-refractivity contribution in [3.63, 3.8) is 0 Å². The maximum Gasteiger partial charge on any atom is 0.205 e. The van der Waals surface area contributed by atoms with E-state index in [1.165, 1.54) is 11.8 Å². The second-order valence-corrected chi connectivity index (χ2v) is 3.57. The maximum atomic E-state index is 10.9. The van der Waals surface area contributed by atoms with Crippen molar-refractivity contribution in [2.75, 3.05) is 6.26 Å². The lowest BCUT2D eigenvalue weighted by Crippen LogP contribution is -2.29. The molecule has 0 aromatic carbocycles. The highest BCUT2D eigenvalue weighted by molar-refractivity contribution is 8.13. The Bertz CT molecular complexity index is 114. The lowest BCUT2D eigenvalue weighted by Gasteiger charge is -2.10. The van der Waals surface area contributed by atoms with Crippen LogP contribution >= 0.6 is 11.8 Å². The molecule has 0 unspecified atom stereocenters. The van der Waals surface area contributed by atoms with Crippen LogP contribution in [0.5, 0.6) is 0 Å². The van der Waals surface area contributed by atoms with Crippen molar-refractivity contribution in [3.8, 4) is 0 Å². The number of hydrogen-bond donors (Lipinski definition) is 1. The average molecular weight is 161 g/mol. The van der Waals surface area contributed by atoms with Crippen molar-refractivity contribution in [1.29, 1.82) is 0 Å². The van der Waals surface area contributed by atoms with Gasteiger partial charge in [-0.25, -0.2) is 0 Å². The Labute approximate surface area is 66.6 Å². The second kappa shape index (κ2) is 4.74. The van der Waals surface area contributed by atoms with Crippen molar-refractivity contribution in [1.82, 2.24) is 0 Å². The summed E-state index contributed by atoms with van der Waals surface area (Å²) < 4.78 is 0. The van der Waals surface area contributed by atoms with E-state index in [-0.39, 0.29) is 11.2 Å². The molecule has 10 heavy (non-hydrogen) atoms. The lowest BCUT2D eigenvalue weighted by atomic mass is 10.1. The molecule has 0 aromatic rings. The average Bonchev–Trinajstić information content (AvgIpc) is 1.85. The summed E-state index contributed by atoms with van der Waals surface area (Å²) in [6, 6.07) is -0.269. The van der Waals surface area contributed by atoms with Crippen LogP contribution in [0.4, 0.5) is 0 Å². The number of rotatable bonds is 3. The smallest absolute Gasteiger partial charge is 0.205 e. The molecule has 2 N–H and O–H groups in total. The highest BCUT2D eigenvalue weighted by atomic mass is 32.2. The van der Waals surface area contributed by atoms with Crippen molar-refractivity contribution >= 4 is 16.9 Å². The SMILES string of the molecule is CSC(=O)[C@H](N)CC(C)C. The molecule has 2 nitrogen and oxygen atoms in total. The standard InChI is InChI=1S/C7H15NOS/c1-5(2)4-6(8)7(9)10-3/h5-6H,4,8H2,1-3H3/t6-/m1/s1. The van der Waals surface area contributed by atoms with Gasteiger partial charge in [0.2, 0.25) is 5.12 Å². The first-order valence-corrected chi connectivity index (χ1v) is 4.63. The predicted octanol–water partition coefficient (Wildman–Crippen LogP) is 1.25. The summed E-state index contributed by atoms with van der Waals surface area (Å²) in [4.78, 5) is 10.9. The van der Waals surface area contributed by atoms with Crippen LogP contribution < -0.4 is 5.73 Å². The third-order valence-corrected chi connectivity index (χ3v) is 1.93. The molecule has 3 heteroatoms. The van der Waals surface area contributed by atoms with E-state index in [1.807, 2.05) is 0 Å². The van der Waals surface area contributed by atoms with E-state index in [0.29, 0.717) is 5.92 Å². The van der Waals surface area contributed by atoms with E-state index in [9.17, 15) is 4.79 Å². The van der Waals surface area contributed by atoms with Gasteiger partial charge in [-0.2, -0.15) is 0 Å². The van der Waals surface area contributed by atoms with Gasteiger partial charge in [0.05, 0.1) is 6.04 Å². The molecular formula is C7H15NOS. The van der Waals surface area contributed by atoms with Gasteiger partial charge in [0, 0.05) is 0 Å². The van der Waals surface area contributed by atoms with E-state index < -0.39 is 0 Å². The molecule has 1 atom stereocenters. The molecule has 0 fully saturated rings. The largest absolute Gasteiger partial charge is 0.321 e. The summed E-state index contributed by atoms with van der Waals surface area (Å²) in [7, 11) is 0. The Kier molecular flexibility index (Phi) is 4.73. The molecule has 0 aliphatic carbocycles. The zero-order chi connectivity index (χ0) is 8.15. The molecule has 0 saturated carbocycles. The second-order valence-electron chi connectivity index (χ2n) is 2.76. The Morgan fingerprint density at radius 3 is 2.40 bits per heavy atom. The van der Waals surface area contributed by atoms with Crippen molar-refractivity contribution in [2.45, 2.75) is 26.3 Å². The number of thioether (sulfide) groups is 1. The van der Waals surface area contributed by atoms with Crippen LogP contribution in [0.25, 0.3) is 0 Å². The Balaban J connectivity index is 3.61. The van der Waals surface area contributed by atoms with E-state index in [1.54, 1.807) is 6.26 Å². The molecule has 60 valence electrons. The van der Waals surface area contributed by atoms with Gasteiger partial charge in [-0.15, -0.1) is 0 Å². The number of hydrogen-bond acceptors (Lipinski definition) is 3. The van der Waals surface area contributed by atoms with Gasteiger partial charge in [-0.05, 0) is 18.6 Å². The Hall–Kier alpha value is -0.0200. The monoisotopic (exact) mass is 161 g/mol. The third-order valence-electron chi connectivity index (χ3n) is 1.23. The fourth-order valence-electron chi connectivity index (χ4n) is 0.755. The molecule has 0 aromatic heterocycles. The molecule has 0 amide bonds. The fourth-order valence-corrected chi connectivity index (χ4v) is 1.15. The lowest BCUT2D eigenvalue weighted by molar-refractivity contribution is -0.112. The van der Waals surface area contributed by atoms with Gasteiger partial charge in [0.15, 0.2) is 0 Å². The first-order chi connectivity index (χ1) is 4.57. The van der Waals surface area contributed by atoms with Gasteiger partial charge in [0.1, 0.15) is 0 Å². The molecule has 0 spiro atoms. The van der Waals surface area contributed by atoms with Gasteiger partial charge < -0.3 is 5.73 Å². The van der Waals surface area contributed by atoms with Gasteiger partial charge in [-0.3, -0.25) is 4.79 Å². The summed E-state index contributed by atoms with van der Waals surface area (Å²) >= 11 is 1.21. The van der Waals surface area contributed by atoms with Gasteiger partial charge in [-0.1, -0.05) is 25.6 Å². The third kappa shape index (κ3) is 3.90. The number of nitrogens with two attached hydrogens (primary N) is 1. The molecule has 0 saturated heterocycles. The Morgan fingerprint density at radius 1 is 1.60 bits per heavy atom. The van der Waals surface area contributed by atoms with E-state index in [4.69, 9.17) is 5.73 Å². The highest BCUT2D eigenvalue weighted by Crippen LogP contribution is 2.08. The molecule has 0 heterocycles. The normalized spacial score (nSPS) is 13.7. The minimum atomic E-state index is -0.269. The van der Waals surface area contributed by atoms with E-state index in [2.05, 4.69) is 13.8 Å². The zero-order valence-corrected chi connectivity index (χ0v) is 7.57.